The summed E-state index contributed by atoms with van der Waals surface area (Å²) < 4.78 is 0. The van der Waals surface area contributed by atoms with Crippen LogP contribution in [-0.2, 0) is 16.2 Å². The highest BCUT2D eigenvalue weighted by Gasteiger charge is 2.48. The zero-order valence-electron chi connectivity index (χ0n) is 42.8. The number of fused-ring (bicyclic) bond motifs is 9. The molecule has 1 nitrogen and oxygen atoms in total. The Hall–Kier alpha value is -9.56. The van der Waals surface area contributed by atoms with Crippen LogP contribution in [0.25, 0.3) is 44.5 Å². The number of anilines is 3. The Balaban J connectivity index is 0.931. The smallest absolute Gasteiger partial charge is 0.0714 e. The van der Waals surface area contributed by atoms with E-state index in [0.29, 0.717) is 0 Å². The second-order valence-corrected chi connectivity index (χ2v) is 21.2. The predicted molar refractivity (Wildman–Crippen MR) is 319 cm³/mol. The minimum absolute atomic E-state index is 0.365. The van der Waals surface area contributed by atoms with Gasteiger partial charge in [-0.2, -0.15) is 0 Å². The normalized spacial score (nSPS) is 15.6. The van der Waals surface area contributed by atoms with Crippen molar-refractivity contribution in [2.45, 2.75) is 23.2 Å². The second kappa shape index (κ2) is 17.5. The van der Waals surface area contributed by atoms with Gasteiger partial charge in [0.15, 0.2) is 0 Å². The van der Waals surface area contributed by atoms with Crippen LogP contribution in [0, 0.1) is 0 Å². The lowest BCUT2D eigenvalue weighted by atomic mass is 9.67. The molecule has 0 bridgehead atoms. The fourth-order valence-corrected chi connectivity index (χ4v) is 14.1. The van der Waals surface area contributed by atoms with E-state index in [9.17, 15) is 0 Å². The molecule has 0 aliphatic heterocycles. The lowest BCUT2D eigenvalue weighted by Gasteiger charge is -2.35. The minimum atomic E-state index is -0.548. The third-order valence-electron chi connectivity index (χ3n) is 17.5. The van der Waals surface area contributed by atoms with Crippen molar-refractivity contribution in [1.29, 1.82) is 0 Å². The molecule has 362 valence electrons. The first-order valence-corrected chi connectivity index (χ1v) is 27.0. The quantitative estimate of drug-likeness (QED) is 0.139. The third-order valence-corrected chi connectivity index (χ3v) is 17.5. The first-order chi connectivity index (χ1) is 38.1. The van der Waals surface area contributed by atoms with Crippen molar-refractivity contribution in [2.24, 2.45) is 0 Å². The molecule has 77 heavy (non-hydrogen) atoms. The van der Waals surface area contributed by atoms with Gasteiger partial charge >= 0.3 is 0 Å². The average Bonchev–Trinajstić information content (AvgIpc) is 4.28. The van der Waals surface area contributed by atoms with E-state index in [-0.39, 0.29) is 5.41 Å². The highest BCUT2D eigenvalue weighted by atomic mass is 15.1. The van der Waals surface area contributed by atoms with Crippen LogP contribution in [0.2, 0.25) is 0 Å². The maximum absolute atomic E-state index is 2.50. The molecule has 0 saturated carbocycles. The van der Waals surface area contributed by atoms with E-state index >= 15 is 0 Å². The maximum Gasteiger partial charge on any atom is 0.0714 e. The monoisotopic (exact) mass is 979 g/mol. The molecule has 0 N–H and O–H groups in total. The highest BCUT2D eigenvalue weighted by Crippen LogP contribution is 2.60. The fraction of sp³-hybridized carbons (Fsp3) is 0.0526. The van der Waals surface area contributed by atoms with Gasteiger partial charge in [-0.3, -0.25) is 0 Å². The van der Waals surface area contributed by atoms with Crippen LogP contribution in [0.15, 0.2) is 303 Å². The van der Waals surface area contributed by atoms with E-state index in [1.54, 1.807) is 0 Å². The Morgan fingerprint density at radius 2 is 0.532 bits per heavy atom. The molecule has 0 radical (unpaired) electrons. The van der Waals surface area contributed by atoms with Crippen molar-refractivity contribution in [2.75, 3.05) is 4.90 Å². The molecule has 1 heteroatoms. The van der Waals surface area contributed by atoms with Gasteiger partial charge in [-0.25, -0.2) is 0 Å². The molecule has 0 saturated heterocycles. The summed E-state index contributed by atoms with van der Waals surface area (Å²) in [5.41, 5.74) is 26.1. The molecular formula is C76H53N. The molecule has 1 unspecified atom stereocenters. The fourth-order valence-electron chi connectivity index (χ4n) is 14.1. The SMILES string of the molecule is CC1(c2ccccc2)c2ccccc2-c2ccc(N(c3ccc(-c4ccc5c(c4)C(c4ccccc4)(c4ccccc4)c4ccccc4-5)cc3)c3ccc4c(c3)C(c3ccccc3)(c3ccccc3)c3ccccc3-4)cc21. The van der Waals surface area contributed by atoms with Gasteiger partial charge in [0, 0.05) is 22.5 Å². The van der Waals surface area contributed by atoms with E-state index in [2.05, 4.69) is 315 Å². The summed E-state index contributed by atoms with van der Waals surface area (Å²) in [6, 6.07) is 113. The summed E-state index contributed by atoms with van der Waals surface area (Å²) in [6.07, 6.45) is 0. The van der Waals surface area contributed by atoms with Crippen molar-refractivity contribution in [3.63, 3.8) is 0 Å². The van der Waals surface area contributed by atoms with Crippen molar-refractivity contribution in [3.8, 4) is 44.5 Å². The molecule has 0 heterocycles. The lowest BCUT2D eigenvalue weighted by Crippen LogP contribution is -2.28. The molecular weight excluding hydrogens is 927 g/mol. The van der Waals surface area contributed by atoms with Crippen LogP contribution in [-0.4, -0.2) is 0 Å². The van der Waals surface area contributed by atoms with E-state index in [4.69, 9.17) is 0 Å². The van der Waals surface area contributed by atoms with Crippen LogP contribution in [0.5, 0.6) is 0 Å². The van der Waals surface area contributed by atoms with Crippen LogP contribution >= 0.6 is 0 Å². The number of benzene rings is 12. The molecule has 0 fully saturated rings. The molecule has 15 rings (SSSR count). The Morgan fingerprint density at radius 1 is 0.221 bits per heavy atom. The second-order valence-electron chi connectivity index (χ2n) is 21.2. The molecule has 0 spiro atoms. The third kappa shape index (κ3) is 6.47. The number of hydrogen-bond donors (Lipinski definition) is 0. The van der Waals surface area contributed by atoms with Gasteiger partial charge in [0.25, 0.3) is 0 Å². The summed E-state index contributed by atoms with van der Waals surface area (Å²) in [5.74, 6) is 0. The Kier molecular flexibility index (Phi) is 10.2. The summed E-state index contributed by atoms with van der Waals surface area (Å²) >= 11 is 0. The van der Waals surface area contributed by atoms with Gasteiger partial charge in [-0.1, -0.05) is 261 Å². The van der Waals surface area contributed by atoms with Crippen molar-refractivity contribution < 1.29 is 0 Å². The predicted octanol–water partition coefficient (Wildman–Crippen LogP) is 18.9. The number of rotatable bonds is 9. The van der Waals surface area contributed by atoms with Crippen molar-refractivity contribution >= 4 is 17.1 Å². The largest absolute Gasteiger partial charge is 0.310 e. The molecule has 3 aliphatic carbocycles. The van der Waals surface area contributed by atoms with Crippen LogP contribution < -0.4 is 4.90 Å². The van der Waals surface area contributed by atoms with Crippen LogP contribution in [0.1, 0.15) is 68.1 Å². The van der Waals surface area contributed by atoms with Gasteiger partial charge in [0.05, 0.1) is 10.8 Å². The molecule has 12 aromatic carbocycles. The average molecular weight is 980 g/mol. The minimum Gasteiger partial charge on any atom is -0.310 e. The van der Waals surface area contributed by atoms with Gasteiger partial charge in [0.2, 0.25) is 0 Å². The number of nitrogens with zero attached hydrogens (tertiary/aromatic N) is 1. The first-order valence-electron chi connectivity index (χ1n) is 27.0. The molecule has 3 aliphatic rings. The Labute approximate surface area is 451 Å². The molecule has 0 amide bonds. The van der Waals surface area contributed by atoms with Gasteiger partial charge < -0.3 is 4.90 Å². The zero-order chi connectivity index (χ0) is 51.1. The van der Waals surface area contributed by atoms with Crippen molar-refractivity contribution in [3.05, 3.63) is 365 Å². The maximum atomic E-state index is 2.50. The van der Waals surface area contributed by atoms with E-state index < -0.39 is 10.8 Å². The first kappa shape index (κ1) is 44.9. The van der Waals surface area contributed by atoms with Gasteiger partial charge in [-0.05, 0) is 155 Å². The Morgan fingerprint density at radius 3 is 1.00 bits per heavy atom. The summed E-state index contributed by atoms with van der Waals surface area (Å²) in [5, 5.41) is 0. The lowest BCUT2D eigenvalue weighted by molar-refractivity contribution is 0.714. The van der Waals surface area contributed by atoms with Crippen LogP contribution in [0.4, 0.5) is 17.1 Å². The van der Waals surface area contributed by atoms with E-state index in [1.807, 2.05) is 0 Å². The summed E-state index contributed by atoms with van der Waals surface area (Å²) in [4.78, 5) is 2.50. The molecule has 0 aromatic heterocycles. The van der Waals surface area contributed by atoms with E-state index in [1.165, 1.54) is 106 Å². The van der Waals surface area contributed by atoms with Gasteiger partial charge in [0.1, 0.15) is 0 Å². The van der Waals surface area contributed by atoms with Crippen LogP contribution in [0.3, 0.4) is 0 Å². The molecule has 12 aromatic rings. The molecule has 1 atom stereocenters. The van der Waals surface area contributed by atoms with E-state index in [0.717, 1.165) is 17.1 Å². The summed E-state index contributed by atoms with van der Waals surface area (Å²) in [7, 11) is 0. The van der Waals surface area contributed by atoms with Crippen molar-refractivity contribution in [1.82, 2.24) is 0 Å². The zero-order valence-corrected chi connectivity index (χ0v) is 42.8. The van der Waals surface area contributed by atoms with Gasteiger partial charge in [-0.15, -0.1) is 0 Å². The summed E-state index contributed by atoms with van der Waals surface area (Å²) in [6.45, 7) is 2.41. The number of hydrogen-bond acceptors (Lipinski definition) is 1. The topological polar surface area (TPSA) is 3.24 Å². The highest BCUT2D eigenvalue weighted by molar-refractivity contribution is 5.93. The Bertz CT molecular complexity index is 4120. The standard InChI is InChI=1S/C76H53N/c1-74(54-23-7-2-8-24-54)68-36-20-17-33-62(68)65-47-44-60(50-71(65)74)77(61-45-48-67-64-35-19-22-38-70(64)76(73(67)51-61,57-29-13-5-14-30-57)58-31-15-6-16-32-58)59-42-39-52(40-43-59)53-41-46-66-63-34-18-21-37-69(63)75(72(66)49-53,55-25-9-3-10-26-55)56-27-11-4-12-28-56/h2-51H,1H3.